The number of piperazine rings is 1. The van der Waals surface area contributed by atoms with E-state index < -0.39 is 29.0 Å². The lowest BCUT2D eigenvalue weighted by atomic mass is 10.2. The summed E-state index contributed by atoms with van der Waals surface area (Å²) in [5, 5.41) is 2.22. The van der Waals surface area contributed by atoms with Gasteiger partial charge in [-0.2, -0.15) is 0 Å². The molecular formula is C14H16F3N3O2. The molecule has 22 heavy (non-hydrogen) atoms. The fraction of sp³-hybridized carbons (Fsp3) is 0.429. The highest BCUT2D eigenvalue weighted by atomic mass is 19.2. The Kier molecular flexibility index (Phi) is 5.02. The minimum absolute atomic E-state index is 0.00974. The molecule has 120 valence electrons. The predicted molar refractivity (Wildman–Crippen MR) is 73.6 cm³/mol. The van der Waals surface area contributed by atoms with Gasteiger partial charge in [-0.3, -0.25) is 14.5 Å². The van der Waals surface area contributed by atoms with Crippen molar-refractivity contribution < 1.29 is 22.8 Å². The first kappa shape index (κ1) is 16.3. The van der Waals surface area contributed by atoms with Crippen LogP contribution in [0.15, 0.2) is 12.1 Å². The van der Waals surface area contributed by atoms with E-state index >= 15 is 0 Å². The Morgan fingerprint density at radius 2 is 1.73 bits per heavy atom. The molecule has 1 fully saturated rings. The number of rotatable bonds is 3. The Hall–Kier alpha value is -2.09. The van der Waals surface area contributed by atoms with Gasteiger partial charge >= 0.3 is 0 Å². The number of carbonyl (C=O) groups is 2. The van der Waals surface area contributed by atoms with Crippen LogP contribution in [0.2, 0.25) is 0 Å². The van der Waals surface area contributed by atoms with E-state index in [1.54, 1.807) is 9.80 Å². The van der Waals surface area contributed by atoms with Crippen LogP contribution >= 0.6 is 0 Å². The van der Waals surface area contributed by atoms with Crippen molar-refractivity contribution in [2.45, 2.75) is 6.92 Å². The lowest BCUT2D eigenvalue weighted by Crippen LogP contribution is -2.49. The molecule has 1 aliphatic rings. The standard InChI is InChI=1S/C14H16F3N3O2/c1-9(21)20-6-4-19(5-7-20)8-12(22)18-11-3-2-10(15)13(16)14(11)17/h2-3H,4-8H2,1H3,(H,18,22). The minimum Gasteiger partial charge on any atom is -0.340 e. The van der Waals surface area contributed by atoms with E-state index in [1.165, 1.54) is 6.92 Å². The molecule has 1 heterocycles. The van der Waals surface area contributed by atoms with Crippen molar-refractivity contribution in [3.8, 4) is 0 Å². The van der Waals surface area contributed by atoms with Gasteiger partial charge in [0, 0.05) is 33.1 Å². The van der Waals surface area contributed by atoms with Gasteiger partial charge in [0.1, 0.15) is 0 Å². The number of halogens is 3. The quantitative estimate of drug-likeness (QED) is 0.853. The zero-order chi connectivity index (χ0) is 16.3. The second-order valence-corrected chi connectivity index (χ2v) is 5.05. The Morgan fingerprint density at radius 3 is 2.32 bits per heavy atom. The average Bonchev–Trinajstić information content (AvgIpc) is 2.48. The van der Waals surface area contributed by atoms with Crippen molar-refractivity contribution in [3.05, 3.63) is 29.6 Å². The second-order valence-electron chi connectivity index (χ2n) is 5.05. The van der Waals surface area contributed by atoms with E-state index in [-0.39, 0.29) is 12.5 Å². The second kappa shape index (κ2) is 6.78. The Bertz CT molecular complexity index is 587. The molecule has 0 atom stereocenters. The normalized spacial score (nSPS) is 15.7. The molecule has 2 rings (SSSR count). The van der Waals surface area contributed by atoms with Gasteiger partial charge in [0.2, 0.25) is 11.8 Å². The molecular weight excluding hydrogens is 299 g/mol. The molecule has 1 aromatic carbocycles. The molecule has 1 saturated heterocycles. The highest BCUT2D eigenvalue weighted by Gasteiger charge is 2.21. The molecule has 0 aliphatic carbocycles. The SMILES string of the molecule is CC(=O)N1CCN(CC(=O)Nc2ccc(F)c(F)c2F)CC1. The van der Waals surface area contributed by atoms with Gasteiger partial charge in [-0.05, 0) is 12.1 Å². The summed E-state index contributed by atoms with van der Waals surface area (Å²) in [4.78, 5) is 26.5. The number of anilines is 1. The van der Waals surface area contributed by atoms with Gasteiger partial charge < -0.3 is 10.2 Å². The number of hydrogen-bond acceptors (Lipinski definition) is 3. The van der Waals surface area contributed by atoms with Crippen molar-refractivity contribution in [3.63, 3.8) is 0 Å². The van der Waals surface area contributed by atoms with Crippen LogP contribution in [0.4, 0.5) is 18.9 Å². The molecule has 0 unspecified atom stereocenters. The first-order valence-corrected chi connectivity index (χ1v) is 6.79. The fourth-order valence-corrected chi connectivity index (χ4v) is 2.24. The number of carbonyl (C=O) groups excluding carboxylic acids is 2. The zero-order valence-electron chi connectivity index (χ0n) is 12.0. The lowest BCUT2D eigenvalue weighted by molar-refractivity contribution is -0.130. The minimum atomic E-state index is -1.62. The van der Waals surface area contributed by atoms with E-state index in [1.807, 2.05) is 0 Å². The fourth-order valence-electron chi connectivity index (χ4n) is 2.24. The van der Waals surface area contributed by atoms with Crippen LogP contribution in [0.25, 0.3) is 0 Å². The maximum atomic E-state index is 13.5. The summed E-state index contributed by atoms with van der Waals surface area (Å²) in [6, 6.07) is 1.72. The van der Waals surface area contributed by atoms with Crippen LogP contribution in [0, 0.1) is 17.5 Å². The molecule has 8 heteroatoms. The summed E-state index contributed by atoms with van der Waals surface area (Å²) >= 11 is 0. The molecule has 1 N–H and O–H groups in total. The predicted octanol–water partition coefficient (Wildman–Crippen LogP) is 1.21. The molecule has 0 saturated carbocycles. The molecule has 5 nitrogen and oxygen atoms in total. The van der Waals surface area contributed by atoms with Crippen LogP contribution in [0.5, 0.6) is 0 Å². The molecule has 1 aromatic rings. The number of nitrogens with zero attached hydrogens (tertiary/aromatic N) is 2. The van der Waals surface area contributed by atoms with Gasteiger partial charge in [-0.15, -0.1) is 0 Å². The molecule has 0 radical (unpaired) electrons. The molecule has 0 spiro atoms. The van der Waals surface area contributed by atoms with Crippen molar-refractivity contribution >= 4 is 17.5 Å². The van der Waals surface area contributed by atoms with E-state index in [9.17, 15) is 22.8 Å². The third-order valence-corrected chi connectivity index (χ3v) is 3.49. The number of hydrogen-bond donors (Lipinski definition) is 1. The summed E-state index contributed by atoms with van der Waals surface area (Å²) in [5.74, 6) is -4.90. The first-order valence-electron chi connectivity index (χ1n) is 6.79. The third-order valence-electron chi connectivity index (χ3n) is 3.49. The van der Waals surface area contributed by atoms with E-state index in [2.05, 4.69) is 5.32 Å². The summed E-state index contributed by atoms with van der Waals surface area (Å²) in [6.07, 6.45) is 0. The van der Waals surface area contributed by atoms with Gasteiger partial charge in [0.05, 0.1) is 12.2 Å². The number of nitrogens with one attached hydrogen (secondary N) is 1. The van der Waals surface area contributed by atoms with Gasteiger partial charge in [-0.25, -0.2) is 13.2 Å². The van der Waals surface area contributed by atoms with Crippen LogP contribution in [-0.2, 0) is 9.59 Å². The Balaban J connectivity index is 1.89. The van der Waals surface area contributed by atoms with E-state index in [0.29, 0.717) is 26.2 Å². The van der Waals surface area contributed by atoms with Crippen LogP contribution in [-0.4, -0.2) is 54.3 Å². The maximum absolute atomic E-state index is 13.5. The van der Waals surface area contributed by atoms with Gasteiger partial charge in [0.15, 0.2) is 17.5 Å². The van der Waals surface area contributed by atoms with Crippen molar-refractivity contribution in [2.24, 2.45) is 0 Å². The molecule has 1 aliphatic heterocycles. The largest absolute Gasteiger partial charge is 0.340 e. The first-order chi connectivity index (χ1) is 10.4. The molecule has 0 aromatic heterocycles. The van der Waals surface area contributed by atoms with Gasteiger partial charge in [-0.1, -0.05) is 0 Å². The Labute approximate surface area is 125 Å². The number of benzene rings is 1. The van der Waals surface area contributed by atoms with Crippen LogP contribution in [0.3, 0.4) is 0 Å². The molecule has 2 amide bonds. The summed E-state index contributed by atoms with van der Waals surface area (Å²) in [6.45, 7) is 3.54. The summed E-state index contributed by atoms with van der Waals surface area (Å²) in [7, 11) is 0. The zero-order valence-corrected chi connectivity index (χ0v) is 12.0. The van der Waals surface area contributed by atoms with Crippen molar-refractivity contribution in [2.75, 3.05) is 38.0 Å². The Morgan fingerprint density at radius 1 is 1.09 bits per heavy atom. The number of amides is 2. The third kappa shape index (κ3) is 3.76. The van der Waals surface area contributed by atoms with Gasteiger partial charge in [0.25, 0.3) is 0 Å². The highest BCUT2D eigenvalue weighted by Crippen LogP contribution is 2.19. The van der Waals surface area contributed by atoms with Crippen LogP contribution in [0.1, 0.15) is 6.92 Å². The van der Waals surface area contributed by atoms with E-state index in [4.69, 9.17) is 0 Å². The maximum Gasteiger partial charge on any atom is 0.238 e. The van der Waals surface area contributed by atoms with E-state index in [0.717, 1.165) is 12.1 Å². The smallest absolute Gasteiger partial charge is 0.238 e. The monoisotopic (exact) mass is 315 g/mol. The summed E-state index contributed by atoms with van der Waals surface area (Å²) in [5.41, 5.74) is -0.397. The van der Waals surface area contributed by atoms with Crippen molar-refractivity contribution in [1.29, 1.82) is 0 Å². The molecule has 0 bridgehead atoms. The average molecular weight is 315 g/mol. The highest BCUT2D eigenvalue weighted by molar-refractivity contribution is 5.92. The lowest BCUT2D eigenvalue weighted by Gasteiger charge is -2.33. The van der Waals surface area contributed by atoms with Crippen LogP contribution < -0.4 is 5.32 Å². The topological polar surface area (TPSA) is 52.7 Å². The van der Waals surface area contributed by atoms with Crippen molar-refractivity contribution in [1.82, 2.24) is 9.80 Å². The summed E-state index contributed by atoms with van der Waals surface area (Å²) < 4.78 is 39.3.